The van der Waals surface area contributed by atoms with Crippen LogP contribution in [0.25, 0.3) is 11.3 Å². The molecule has 26 heavy (non-hydrogen) atoms. The fraction of sp³-hybridized carbons (Fsp3) is 0.111. The predicted octanol–water partition coefficient (Wildman–Crippen LogP) is 2.73. The molecule has 0 spiro atoms. The molecule has 0 unspecified atom stereocenters. The molecule has 0 aliphatic carbocycles. The number of Topliss-reactive ketones (excluding diaryl/α,β-unsaturated/α-hetero) is 1. The summed E-state index contributed by atoms with van der Waals surface area (Å²) in [5.41, 5.74) is 0.627. The number of ketones is 1. The number of carbonyl (C=O) groups excluding carboxylic acids is 1. The molecule has 0 atom stereocenters. The van der Waals surface area contributed by atoms with Gasteiger partial charge in [-0.05, 0) is 34.7 Å². The molecule has 8 heteroatoms. The van der Waals surface area contributed by atoms with E-state index < -0.39 is 17.4 Å². The molecular formula is C18H15F2N5O. The van der Waals surface area contributed by atoms with Gasteiger partial charge in [-0.2, -0.15) is 4.68 Å². The third-order valence-electron chi connectivity index (χ3n) is 3.47. The van der Waals surface area contributed by atoms with Gasteiger partial charge < -0.3 is 4.90 Å². The first-order valence-corrected chi connectivity index (χ1v) is 7.69. The van der Waals surface area contributed by atoms with Crippen molar-refractivity contribution in [3.05, 3.63) is 77.8 Å². The van der Waals surface area contributed by atoms with E-state index >= 15 is 0 Å². The van der Waals surface area contributed by atoms with Crippen LogP contribution in [0.2, 0.25) is 0 Å². The van der Waals surface area contributed by atoms with E-state index in [0.717, 1.165) is 12.1 Å². The van der Waals surface area contributed by atoms with Crippen LogP contribution in [-0.4, -0.2) is 45.0 Å². The number of hydrogen-bond acceptors (Lipinski definition) is 5. The molecule has 6 nitrogen and oxygen atoms in total. The van der Waals surface area contributed by atoms with Gasteiger partial charge in [0.05, 0.1) is 11.3 Å². The zero-order valence-electron chi connectivity index (χ0n) is 14.1. The van der Waals surface area contributed by atoms with Gasteiger partial charge in [0.25, 0.3) is 0 Å². The summed E-state index contributed by atoms with van der Waals surface area (Å²) in [6.45, 7) is 0. The maximum Gasteiger partial charge on any atom is 0.198 e. The number of hydrogen-bond donors (Lipinski definition) is 0. The van der Waals surface area contributed by atoms with Gasteiger partial charge in [-0.25, -0.2) is 8.78 Å². The molecule has 0 aliphatic heterocycles. The minimum absolute atomic E-state index is 0.105. The first kappa shape index (κ1) is 17.4. The van der Waals surface area contributed by atoms with Crippen molar-refractivity contribution in [2.45, 2.75) is 0 Å². The average Bonchev–Trinajstić information content (AvgIpc) is 3.08. The molecule has 132 valence electrons. The maximum atomic E-state index is 13.5. The van der Waals surface area contributed by atoms with Gasteiger partial charge >= 0.3 is 0 Å². The second-order valence-corrected chi connectivity index (χ2v) is 5.74. The van der Waals surface area contributed by atoms with Crippen molar-refractivity contribution in [3.8, 4) is 5.69 Å². The molecule has 0 bridgehead atoms. The van der Waals surface area contributed by atoms with Crippen LogP contribution >= 0.6 is 0 Å². The first-order chi connectivity index (χ1) is 12.5. The largest absolute Gasteiger partial charge is 0.383 e. The first-order valence-electron chi connectivity index (χ1n) is 7.69. The van der Waals surface area contributed by atoms with Crippen LogP contribution in [0, 0.1) is 11.6 Å². The summed E-state index contributed by atoms with van der Waals surface area (Å²) in [6.07, 6.45) is 1.51. The molecular weight excluding hydrogens is 340 g/mol. The third-order valence-corrected chi connectivity index (χ3v) is 3.47. The quantitative estimate of drug-likeness (QED) is 0.520. The molecule has 0 saturated heterocycles. The van der Waals surface area contributed by atoms with E-state index in [1.165, 1.54) is 10.9 Å². The van der Waals surface area contributed by atoms with Crippen molar-refractivity contribution >= 4 is 11.4 Å². The normalized spacial score (nSPS) is 11.5. The molecule has 0 aliphatic rings. The van der Waals surface area contributed by atoms with E-state index in [-0.39, 0.29) is 17.0 Å². The molecule has 1 aromatic heterocycles. The maximum absolute atomic E-state index is 13.5. The minimum Gasteiger partial charge on any atom is -0.383 e. The number of aromatic nitrogens is 4. The van der Waals surface area contributed by atoms with Gasteiger partial charge in [0.2, 0.25) is 0 Å². The highest BCUT2D eigenvalue weighted by atomic mass is 19.1. The van der Waals surface area contributed by atoms with Crippen LogP contribution in [0.15, 0.2) is 54.7 Å². The standard InChI is InChI=1S/C18H15F2N5O/c1-24(2)11-16(17(26)12-8-13(19)10-14(20)9-12)18-21-22-23-25(18)15-6-4-3-5-7-15/h3-11H,1-2H3. The Bertz CT molecular complexity index is 946. The Kier molecular flexibility index (Phi) is 4.83. The highest BCUT2D eigenvalue weighted by Crippen LogP contribution is 2.21. The molecule has 0 saturated carbocycles. The second-order valence-electron chi connectivity index (χ2n) is 5.74. The van der Waals surface area contributed by atoms with E-state index in [1.807, 2.05) is 6.07 Å². The van der Waals surface area contributed by atoms with Gasteiger partial charge in [-0.15, -0.1) is 5.10 Å². The Hall–Kier alpha value is -3.42. The smallest absolute Gasteiger partial charge is 0.198 e. The second kappa shape index (κ2) is 7.22. The van der Waals surface area contributed by atoms with E-state index in [1.54, 1.807) is 43.3 Å². The lowest BCUT2D eigenvalue weighted by Gasteiger charge is -2.12. The van der Waals surface area contributed by atoms with Crippen molar-refractivity contribution in [2.24, 2.45) is 0 Å². The van der Waals surface area contributed by atoms with Gasteiger partial charge in [0.1, 0.15) is 11.6 Å². The number of rotatable bonds is 5. The lowest BCUT2D eigenvalue weighted by Crippen LogP contribution is -2.14. The topological polar surface area (TPSA) is 63.9 Å². The average molecular weight is 355 g/mol. The Labute approximate surface area is 148 Å². The van der Waals surface area contributed by atoms with Gasteiger partial charge in [-0.1, -0.05) is 18.2 Å². The fourth-order valence-corrected chi connectivity index (χ4v) is 2.41. The summed E-state index contributed by atoms with van der Waals surface area (Å²) in [7, 11) is 3.44. The number of nitrogens with zero attached hydrogens (tertiary/aromatic N) is 5. The van der Waals surface area contributed by atoms with Crippen LogP contribution in [0.5, 0.6) is 0 Å². The fourth-order valence-electron chi connectivity index (χ4n) is 2.41. The number of allylic oxidation sites excluding steroid dienone is 1. The van der Waals surface area contributed by atoms with Gasteiger partial charge in [0, 0.05) is 31.9 Å². The highest BCUT2D eigenvalue weighted by Gasteiger charge is 2.23. The number of halogens is 2. The molecule has 0 radical (unpaired) electrons. The number of tetrazole rings is 1. The zero-order chi connectivity index (χ0) is 18.7. The van der Waals surface area contributed by atoms with Crippen molar-refractivity contribution < 1.29 is 13.6 Å². The van der Waals surface area contributed by atoms with Crippen molar-refractivity contribution in [2.75, 3.05) is 14.1 Å². The Morgan fingerprint density at radius 2 is 1.73 bits per heavy atom. The summed E-state index contributed by atoms with van der Waals surface area (Å²) in [4.78, 5) is 14.6. The van der Waals surface area contributed by atoms with E-state index in [9.17, 15) is 13.6 Å². The van der Waals surface area contributed by atoms with Crippen LogP contribution < -0.4 is 0 Å². The molecule has 1 heterocycles. The van der Waals surface area contributed by atoms with Gasteiger partial charge in [0.15, 0.2) is 11.6 Å². The minimum atomic E-state index is -0.833. The van der Waals surface area contributed by atoms with Crippen LogP contribution in [0.1, 0.15) is 16.2 Å². The summed E-state index contributed by atoms with van der Waals surface area (Å²) >= 11 is 0. The molecule has 0 N–H and O–H groups in total. The van der Waals surface area contributed by atoms with Crippen molar-refractivity contribution in [1.29, 1.82) is 0 Å². The molecule has 0 fully saturated rings. The molecule has 3 aromatic rings. The Balaban J connectivity index is 2.12. The van der Waals surface area contributed by atoms with Crippen LogP contribution in [0.3, 0.4) is 0 Å². The summed E-state index contributed by atoms with van der Waals surface area (Å²) < 4.78 is 28.5. The molecule has 0 amide bonds. The van der Waals surface area contributed by atoms with Gasteiger partial charge in [-0.3, -0.25) is 4.79 Å². The summed E-state index contributed by atoms with van der Waals surface area (Å²) in [5, 5.41) is 11.5. The predicted molar refractivity (Wildman–Crippen MR) is 91.5 cm³/mol. The Morgan fingerprint density at radius 3 is 2.35 bits per heavy atom. The van der Waals surface area contributed by atoms with Crippen LogP contribution in [-0.2, 0) is 0 Å². The summed E-state index contributed by atoms with van der Waals surface area (Å²) in [6, 6.07) is 11.7. The van der Waals surface area contributed by atoms with Crippen molar-refractivity contribution in [1.82, 2.24) is 25.1 Å². The Morgan fingerprint density at radius 1 is 1.08 bits per heavy atom. The van der Waals surface area contributed by atoms with Crippen LogP contribution in [0.4, 0.5) is 8.78 Å². The number of carbonyl (C=O) groups is 1. The van der Waals surface area contributed by atoms with E-state index in [0.29, 0.717) is 11.8 Å². The highest BCUT2D eigenvalue weighted by molar-refractivity contribution is 6.28. The SMILES string of the molecule is CN(C)C=C(C(=O)c1cc(F)cc(F)c1)c1nnnn1-c1ccccc1. The summed E-state index contributed by atoms with van der Waals surface area (Å²) in [5.74, 6) is -2.09. The number of para-hydroxylation sites is 1. The van der Waals surface area contributed by atoms with Crippen molar-refractivity contribution in [3.63, 3.8) is 0 Å². The number of benzene rings is 2. The monoisotopic (exact) mass is 355 g/mol. The molecule has 3 rings (SSSR count). The molecule has 2 aromatic carbocycles. The zero-order valence-corrected chi connectivity index (χ0v) is 14.1. The van der Waals surface area contributed by atoms with E-state index in [2.05, 4.69) is 15.5 Å². The third kappa shape index (κ3) is 3.64. The lowest BCUT2D eigenvalue weighted by atomic mass is 10.0. The van der Waals surface area contributed by atoms with E-state index in [4.69, 9.17) is 0 Å². The lowest BCUT2D eigenvalue weighted by molar-refractivity contribution is 0.105.